The van der Waals surface area contributed by atoms with Crippen molar-refractivity contribution in [2.24, 2.45) is 5.92 Å². The molecule has 0 radical (unpaired) electrons. The highest BCUT2D eigenvalue weighted by Crippen LogP contribution is 2.53. The third-order valence-electron chi connectivity index (χ3n) is 7.34. The Morgan fingerprint density at radius 1 is 1.08 bits per heavy atom. The van der Waals surface area contributed by atoms with Crippen molar-refractivity contribution in [3.63, 3.8) is 0 Å². The molecule has 0 bridgehead atoms. The molecule has 2 heterocycles. The summed E-state index contributed by atoms with van der Waals surface area (Å²) in [5.74, 6) is -3.31. The summed E-state index contributed by atoms with van der Waals surface area (Å²) in [5, 5.41) is 63.3. The van der Waals surface area contributed by atoms with Crippen LogP contribution >= 0.6 is 0 Å². The number of aliphatic hydroxyl groups excluding tert-OH is 4. The summed E-state index contributed by atoms with van der Waals surface area (Å²) in [6.07, 6.45) is -8.13. The maximum Gasteiger partial charge on any atom is 0.339 e. The number of carbonyl (C=O) groups is 2. The van der Waals surface area contributed by atoms with Crippen molar-refractivity contribution >= 4 is 18.0 Å². The second kappa shape index (κ2) is 11.3. The van der Waals surface area contributed by atoms with Gasteiger partial charge in [-0.05, 0) is 18.6 Å². The van der Waals surface area contributed by atoms with Crippen molar-refractivity contribution in [1.82, 2.24) is 0 Å². The van der Waals surface area contributed by atoms with Crippen LogP contribution in [-0.4, -0.2) is 111 Å². The van der Waals surface area contributed by atoms with E-state index in [1.165, 1.54) is 13.0 Å². The van der Waals surface area contributed by atoms with Crippen LogP contribution in [0.3, 0.4) is 0 Å². The molecule has 13 heteroatoms. The molecule has 6 N–H and O–H groups in total. The van der Waals surface area contributed by atoms with Crippen LogP contribution in [0.4, 0.5) is 0 Å². The number of hydrogen-bond acceptors (Lipinski definition) is 13. The number of aliphatic hydroxyl groups is 6. The van der Waals surface area contributed by atoms with E-state index >= 15 is 0 Å². The molecule has 214 valence electrons. The van der Waals surface area contributed by atoms with Gasteiger partial charge in [0.2, 0.25) is 6.29 Å². The molecule has 1 saturated heterocycles. The molecule has 4 rings (SSSR count). The minimum absolute atomic E-state index is 0.373. The van der Waals surface area contributed by atoms with E-state index in [-0.39, 0.29) is 5.57 Å². The predicted octanol–water partition coefficient (Wildman–Crippen LogP) is -1.66. The Balaban J connectivity index is 1.61. The van der Waals surface area contributed by atoms with Gasteiger partial charge in [0.1, 0.15) is 47.3 Å². The summed E-state index contributed by atoms with van der Waals surface area (Å²) < 4.78 is 26.8. The van der Waals surface area contributed by atoms with Crippen LogP contribution < -0.4 is 0 Å². The monoisotopic (exact) mass is 552 g/mol. The molecule has 2 aliphatic heterocycles. The number of rotatable bonds is 7. The Kier molecular flexibility index (Phi) is 8.44. The first-order valence-corrected chi connectivity index (χ1v) is 12.2. The summed E-state index contributed by atoms with van der Waals surface area (Å²) in [6, 6.07) is 8.90. The molecular formula is C26H32O13. The fraction of sp³-hybridized carbons (Fsp3) is 0.538. The van der Waals surface area contributed by atoms with Gasteiger partial charge in [-0.15, -0.1) is 0 Å². The molecule has 0 unspecified atom stereocenters. The minimum atomic E-state index is -2.19. The molecule has 2 fully saturated rings. The zero-order chi connectivity index (χ0) is 28.5. The largest absolute Gasteiger partial charge is 0.471 e. The molecule has 0 amide bonds. The quantitative estimate of drug-likeness (QED) is 0.166. The van der Waals surface area contributed by atoms with Gasteiger partial charge in [-0.3, -0.25) is 0 Å². The van der Waals surface area contributed by atoms with E-state index in [0.29, 0.717) is 0 Å². The van der Waals surface area contributed by atoms with Crippen molar-refractivity contribution in [3.8, 4) is 0 Å². The van der Waals surface area contributed by atoms with E-state index in [2.05, 4.69) is 0 Å². The number of ether oxygens (including phenoxy) is 5. The van der Waals surface area contributed by atoms with Crippen molar-refractivity contribution in [2.75, 3.05) is 13.7 Å². The first kappa shape index (κ1) is 29.1. The van der Waals surface area contributed by atoms with E-state index in [4.69, 9.17) is 23.7 Å². The highest BCUT2D eigenvalue weighted by atomic mass is 16.8. The first-order valence-electron chi connectivity index (χ1n) is 12.2. The molecule has 0 spiro atoms. The van der Waals surface area contributed by atoms with Gasteiger partial charge in [0.25, 0.3) is 0 Å². The van der Waals surface area contributed by atoms with Gasteiger partial charge in [0, 0.05) is 12.5 Å². The van der Waals surface area contributed by atoms with Crippen molar-refractivity contribution in [1.29, 1.82) is 0 Å². The molecule has 1 aromatic carbocycles. The Morgan fingerprint density at radius 2 is 1.77 bits per heavy atom. The average Bonchev–Trinajstić information content (AvgIpc) is 3.12. The highest BCUT2D eigenvalue weighted by molar-refractivity contribution is 5.91. The van der Waals surface area contributed by atoms with Gasteiger partial charge in [-0.1, -0.05) is 30.3 Å². The Bertz CT molecular complexity index is 1100. The predicted molar refractivity (Wildman–Crippen MR) is 129 cm³/mol. The van der Waals surface area contributed by atoms with Crippen LogP contribution in [0.2, 0.25) is 0 Å². The summed E-state index contributed by atoms with van der Waals surface area (Å²) in [6.45, 7) is 0.532. The smallest absolute Gasteiger partial charge is 0.339 e. The summed E-state index contributed by atoms with van der Waals surface area (Å²) >= 11 is 0. The molecule has 1 saturated carbocycles. The zero-order valence-electron chi connectivity index (χ0n) is 21.2. The third-order valence-corrected chi connectivity index (χ3v) is 7.34. The summed E-state index contributed by atoms with van der Waals surface area (Å²) in [7, 11) is 1.08. The van der Waals surface area contributed by atoms with E-state index in [0.717, 1.165) is 25.0 Å². The van der Waals surface area contributed by atoms with Crippen LogP contribution in [0.1, 0.15) is 18.9 Å². The van der Waals surface area contributed by atoms with Crippen LogP contribution in [0.5, 0.6) is 0 Å². The normalized spacial score (nSPS) is 39.9. The second-order valence-electron chi connectivity index (χ2n) is 9.86. The third kappa shape index (κ3) is 5.44. The summed E-state index contributed by atoms with van der Waals surface area (Å²) in [4.78, 5) is 25.1. The molecule has 3 aliphatic rings. The molecule has 39 heavy (non-hydrogen) atoms. The van der Waals surface area contributed by atoms with E-state index in [1.807, 2.05) is 6.07 Å². The lowest BCUT2D eigenvalue weighted by Gasteiger charge is -2.46. The molecule has 10 atom stereocenters. The number of benzene rings is 1. The Hall–Kier alpha value is -2.88. The minimum Gasteiger partial charge on any atom is -0.471 e. The van der Waals surface area contributed by atoms with Crippen LogP contribution in [0.25, 0.3) is 6.08 Å². The number of esters is 2. The van der Waals surface area contributed by atoms with Crippen LogP contribution in [0, 0.1) is 5.92 Å². The highest BCUT2D eigenvalue weighted by Gasteiger charge is 2.69. The van der Waals surface area contributed by atoms with Gasteiger partial charge in [-0.2, -0.15) is 0 Å². The number of fused-ring (bicyclic) bond motifs is 1. The lowest BCUT2D eigenvalue weighted by Crippen LogP contribution is -2.62. The fourth-order valence-electron chi connectivity index (χ4n) is 5.22. The molecular weight excluding hydrogens is 520 g/mol. The number of carbonyl (C=O) groups excluding carboxylic acids is 2. The van der Waals surface area contributed by atoms with Gasteiger partial charge in [0.15, 0.2) is 6.29 Å². The Labute approximate surface area is 223 Å². The molecule has 0 aromatic heterocycles. The SMILES string of the molecule is COC(=O)C1=CO[C@@H](O[C@H]2O[C@H](CO)[C@@H](O)[C@H](O)[C@H]2O)[C@@H]2[C@](C)(O)[C@@H](OC(=O)C=Cc3ccccc3)C[C@@]12O. The van der Waals surface area contributed by atoms with Gasteiger partial charge in [0.05, 0.1) is 25.9 Å². The first-order chi connectivity index (χ1) is 18.4. The van der Waals surface area contributed by atoms with Gasteiger partial charge >= 0.3 is 11.9 Å². The Morgan fingerprint density at radius 3 is 2.41 bits per heavy atom. The lowest BCUT2D eigenvalue weighted by atomic mass is 9.77. The molecule has 1 aliphatic carbocycles. The number of hydrogen-bond donors (Lipinski definition) is 6. The standard InChI is InChI=1S/C26H32O13/c1-25(33)16(38-17(28)9-8-13-6-4-3-5-7-13)10-26(34)14(22(32)35-2)12-36-24(21(25)26)39-23-20(31)19(30)18(29)15(11-27)37-23/h3-9,12,15-16,18-21,23-24,27,29-31,33-34H,10-11H2,1-2H3/t15-,16+,18-,19+,20-,21-,23-,24+,25-,26-/m1/s1. The zero-order valence-corrected chi connectivity index (χ0v) is 21.2. The van der Waals surface area contributed by atoms with E-state index in [1.54, 1.807) is 24.3 Å². The summed E-state index contributed by atoms with van der Waals surface area (Å²) in [5.41, 5.74) is -3.92. The molecule has 1 aromatic rings. The average molecular weight is 553 g/mol. The van der Waals surface area contributed by atoms with Crippen molar-refractivity contribution in [2.45, 2.75) is 67.6 Å². The second-order valence-corrected chi connectivity index (χ2v) is 9.86. The van der Waals surface area contributed by atoms with Crippen molar-refractivity contribution < 1.29 is 63.9 Å². The number of methoxy groups -OCH3 is 1. The maximum absolute atomic E-state index is 12.6. The van der Waals surface area contributed by atoms with Crippen LogP contribution in [-0.2, 0) is 33.3 Å². The lowest BCUT2D eigenvalue weighted by molar-refractivity contribution is -0.352. The molecule has 13 nitrogen and oxygen atoms in total. The van der Waals surface area contributed by atoms with Crippen molar-refractivity contribution in [3.05, 3.63) is 53.8 Å². The van der Waals surface area contributed by atoms with Crippen LogP contribution in [0.15, 0.2) is 48.2 Å². The topological polar surface area (TPSA) is 202 Å². The van der Waals surface area contributed by atoms with E-state index < -0.39 is 85.2 Å². The van der Waals surface area contributed by atoms with Gasteiger partial charge in [-0.25, -0.2) is 9.59 Å². The van der Waals surface area contributed by atoms with E-state index in [9.17, 15) is 40.2 Å². The fourth-order valence-corrected chi connectivity index (χ4v) is 5.22. The maximum atomic E-state index is 12.6. The van der Waals surface area contributed by atoms with Gasteiger partial charge < -0.3 is 54.3 Å².